The molecular weight excluding hydrogens is 232 g/mol. The van der Waals surface area contributed by atoms with Crippen LogP contribution in [0.1, 0.15) is 42.8 Å². The van der Waals surface area contributed by atoms with Gasteiger partial charge in [0.05, 0.1) is 12.6 Å². The number of esters is 1. The van der Waals surface area contributed by atoms with Crippen LogP contribution >= 0.6 is 12.4 Å². The van der Waals surface area contributed by atoms with E-state index in [1.54, 1.807) is 14.0 Å². The van der Waals surface area contributed by atoms with Crippen LogP contribution in [0, 0.1) is 0 Å². The van der Waals surface area contributed by atoms with Crippen LogP contribution in [0.5, 0.6) is 0 Å². The van der Waals surface area contributed by atoms with Crippen LogP contribution in [0.2, 0.25) is 0 Å². The molecule has 0 bridgehead atoms. The number of aryl methyl sites for hydroxylation is 1. The fourth-order valence-electron chi connectivity index (χ4n) is 1.12. The van der Waals surface area contributed by atoms with Gasteiger partial charge in [0.1, 0.15) is 0 Å². The summed E-state index contributed by atoms with van der Waals surface area (Å²) in [6.45, 7) is 4.00. The number of carbonyl (C=O) groups excluding carboxylic acids is 1. The molecule has 0 fully saturated rings. The van der Waals surface area contributed by atoms with Crippen LogP contribution in [-0.4, -0.2) is 27.3 Å². The summed E-state index contributed by atoms with van der Waals surface area (Å²) >= 11 is 0. The Kier molecular flexibility index (Phi) is 5.98. The first-order valence-electron chi connectivity index (χ1n) is 4.93. The molecule has 1 rings (SSSR count). The summed E-state index contributed by atoms with van der Waals surface area (Å²) < 4.78 is 6.22. The molecule has 1 aromatic heterocycles. The van der Waals surface area contributed by atoms with E-state index in [9.17, 15) is 4.79 Å². The lowest BCUT2D eigenvalue weighted by molar-refractivity contribution is 0.0506. The van der Waals surface area contributed by atoms with Gasteiger partial charge in [0.25, 0.3) is 0 Å². The van der Waals surface area contributed by atoms with Gasteiger partial charge in [0.2, 0.25) is 5.82 Å². The van der Waals surface area contributed by atoms with Gasteiger partial charge in [-0.3, -0.25) is 0 Å². The van der Waals surface area contributed by atoms with Crippen LogP contribution in [0.25, 0.3) is 0 Å². The van der Waals surface area contributed by atoms with E-state index in [0.717, 1.165) is 6.42 Å². The molecule has 0 aromatic carbocycles. The molecule has 1 aromatic rings. The molecule has 7 heteroatoms. The second kappa shape index (κ2) is 6.44. The van der Waals surface area contributed by atoms with Gasteiger partial charge in [0, 0.05) is 7.05 Å². The van der Waals surface area contributed by atoms with Gasteiger partial charge < -0.3 is 10.5 Å². The summed E-state index contributed by atoms with van der Waals surface area (Å²) in [7, 11) is 1.64. The van der Waals surface area contributed by atoms with Gasteiger partial charge in [-0.15, -0.1) is 12.4 Å². The third-order valence-corrected chi connectivity index (χ3v) is 2.01. The molecule has 0 radical (unpaired) electrons. The van der Waals surface area contributed by atoms with Crippen molar-refractivity contribution in [1.29, 1.82) is 0 Å². The molecule has 0 unspecified atom stereocenters. The minimum Gasteiger partial charge on any atom is -0.460 e. The van der Waals surface area contributed by atoms with E-state index in [2.05, 4.69) is 10.1 Å². The molecule has 0 aliphatic rings. The first kappa shape index (κ1) is 14.9. The van der Waals surface area contributed by atoms with Gasteiger partial charge in [-0.05, 0) is 13.3 Å². The van der Waals surface area contributed by atoms with Crippen molar-refractivity contribution in [2.24, 2.45) is 12.8 Å². The molecule has 0 saturated heterocycles. The Balaban J connectivity index is 0.00000225. The van der Waals surface area contributed by atoms with E-state index in [1.807, 2.05) is 6.92 Å². The molecule has 1 atom stereocenters. The average molecular weight is 249 g/mol. The average Bonchev–Trinajstić information content (AvgIpc) is 2.59. The molecule has 0 aliphatic heterocycles. The third kappa shape index (κ3) is 3.18. The second-order valence-corrected chi connectivity index (χ2v) is 3.15. The van der Waals surface area contributed by atoms with E-state index in [-0.39, 0.29) is 24.3 Å². The Morgan fingerprint density at radius 2 is 2.19 bits per heavy atom. The zero-order chi connectivity index (χ0) is 11.4. The predicted molar refractivity (Wildman–Crippen MR) is 61.4 cm³/mol. The van der Waals surface area contributed by atoms with Crippen molar-refractivity contribution in [3.63, 3.8) is 0 Å². The number of hydrogen-bond donors (Lipinski definition) is 1. The lowest BCUT2D eigenvalue weighted by Gasteiger charge is -2.00. The number of nitrogens with zero attached hydrogens (tertiary/aromatic N) is 3. The monoisotopic (exact) mass is 248 g/mol. The predicted octanol–water partition coefficient (Wildman–Crippen LogP) is 0.823. The molecule has 1 heterocycles. The maximum absolute atomic E-state index is 11.4. The zero-order valence-corrected chi connectivity index (χ0v) is 10.5. The maximum Gasteiger partial charge on any atom is 0.376 e. The summed E-state index contributed by atoms with van der Waals surface area (Å²) in [6, 6.07) is -0.237. The molecule has 92 valence electrons. The van der Waals surface area contributed by atoms with Crippen molar-refractivity contribution in [1.82, 2.24) is 14.8 Å². The van der Waals surface area contributed by atoms with Crippen molar-refractivity contribution >= 4 is 18.4 Å². The van der Waals surface area contributed by atoms with Crippen LogP contribution in [0.4, 0.5) is 0 Å². The maximum atomic E-state index is 11.4. The Bertz CT molecular complexity index is 353. The Morgan fingerprint density at radius 1 is 1.56 bits per heavy atom. The number of rotatable bonds is 4. The van der Waals surface area contributed by atoms with E-state index >= 15 is 0 Å². The van der Waals surface area contributed by atoms with Crippen molar-refractivity contribution in [3.05, 3.63) is 11.6 Å². The second-order valence-electron chi connectivity index (χ2n) is 3.15. The van der Waals surface area contributed by atoms with E-state index < -0.39 is 5.97 Å². The van der Waals surface area contributed by atoms with E-state index in [0.29, 0.717) is 12.4 Å². The van der Waals surface area contributed by atoms with Crippen LogP contribution in [0.3, 0.4) is 0 Å². The van der Waals surface area contributed by atoms with Crippen molar-refractivity contribution in [2.45, 2.75) is 26.3 Å². The van der Waals surface area contributed by atoms with Crippen LogP contribution in [0.15, 0.2) is 0 Å². The third-order valence-electron chi connectivity index (χ3n) is 2.01. The summed E-state index contributed by atoms with van der Waals surface area (Å²) in [6.07, 6.45) is 0.728. The largest absolute Gasteiger partial charge is 0.460 e. The SMILES string of the molecule is CCOC(=O)c1nc([C@@H](N)CC)nn1C.Cl. The number of nitrogens with two attached hydrogens (primary N) is 1. The van der Waals surface area contributed by atoms with Crippen molar-refractivity contribution in [3.8, 4) is 0 Å². The number of hydrogen-bond acceptors (Lipinski definition) is 5. The summed E-state index contributed by atoms with van der Waals surface area (Å²) in [5.41, 5.74) is 5.76. The fourth-order valence-corrected chi connectivity index (χ4v) is 1.12. The highest BCUT2D eigenvalue weighted by Gasteiger charge is 2.18. The molecule has 0 aliphatic carbocycles. The summed E-state index contributed by atoms with van der Waals surface area (Å²) in [4.78, 5) is 15.5. The normalized spacial score (nSPS) is 11.8. The molecule has 0 amide bonds. The number of ether oxygens (including phenoxy) is 1. The molecule has 6 nitrogen and oxygen atoms in total. The van der Waals surface area contributed by atoms with Crippen LogP contribution < -0.4 is 5.73 Å². The fraction of sp³-hybridized carbons (Fsp3) is 0.667. The van der Waals surface area contributed by atoms with Crippen molar-refractivity contribution in [2.75, 3.05) is 6.61 Å². The minimum atomic E-state index is -0.470. The molecule has 2 N–H and O–H groups in total. The first-order valence-corrected chi connectivity index (χ1v) is 4.93. The van der Waals surface area contributed by atoms with Crippen LogP contribution in [-0.2, 0) is 11.8 Å². The minimum absolute atomic E-state index is 0. The quantitative estimate of drug-likeness (QED) is 0.798. The smallest absolute Gasteiger partial charge is 0.376 e. The summed E-state index contributed by atoms with van der Waals surface area (Å²) in [5, 5.41) is 4.06. The molecule has 16 heavy (non-hydrogen) atoms. The Hall–Kier alpha value is -1.14. The van der Waals surface area contributed by atoms with Gasteiger partial charge in [0.15, 0.2) is 5.82 Å². The van der Waals surface area contributed by atoms with Crippen molar-refractivity contribution < 1.29 is 9.53 Å². The molecule has 0 saturated carbocycles. The van der Waals surface area contributed by atoms with E-state index in [4.69, 9.17) is 10.5 Å². The lowest BCUT2D eigenvalue weighted by Crippen LogP contribution is -2.12. The standard InChI is InChI=1S/C9H16N4O2.ClH/c1-4-6(10)7-11-8(13(3)12-7)9(14)15-5-2;/h6H,4-5,10H2,1-3H3;1H/t6-;/m0./s1. The lowest BCUT2D eigenvalue weighted by atomic mass is 10.2. The highest BCUT2D eigenvalue weighted by Crippen LogP contribution is 2.09. The van der Waals surface area contributed by atoms with Gasteiger partial charge in [-0.1, -0.05) is 6.92 Å². The topological polar surface area (TPSA) is 83.0 Å². The highest BCUT2D eigenvalue weighted by molar-refractivity contribution is 5.85. The number of carbonyl (C=O) groups is 1. The summed E-state index contributed by atoms with van der Waals surface area (Å²) in [5.74, 6) is 0.195. The van der Waals surface area contributed by atoms with Gasteiger partial charge in [-0.25, -0.2) is 14.5 Å². The number of halogens is 1. The first-order chi connectivity index (χ1) is 7.10. The number of aromatic nitrogens is 3. The van der Waals surface area contributed by atoms with E-state index in [1.165, 1.54) is 4.68 Å². The Labute approximate surface area is 101 Å². The van der Waals surface area contributed by atoms with Gasteiger partial charge in [-0.2, -0.15) is 5.10 Å². The Morgan fingerprint density at radius 3 is 2.69 bits per heavy atom. The molecular formula is C9H17ClN4O2. The van der Waals surface area contributed by atoms with Gasteiger partial charge >= 0.3 is 5.97 Å². The zero-order valence-electron chi connectivity index (χ0n) is 9.64. The highest BCUT2D eigenvalue weighted by atomic mass is 35.5. The molecule has 0 spiro atoms.